The highest BCUT2D eigenvalue weighted by molar-refractivity contribution is 7.91. The normalized spacial score (nSPS) is 16.9. The minimum Gasteiger partial charge on any atom is -0.480 e. The molecule has 8 heteroatoms. The molecule has 1 aromatic heterocycles. The van der Waals surface area contributed by atoms with Crippen molar-refractivity contribution in [1.82, 2.24) is 4.31 Å². The zero-order valence-corrected chi connectivity index (χ0v) is 13.4. The summed E-state index contributed by atoms with van der Waals surface area (Å²) >= 11 is 6.90. The van der Waals surface area contributed by atoms with E-state index in [1.165, 1.54) is 6.07 Å². The van der Waals surface area contributed by atoms with Gasteiger partial charge in [0.25, 0.3) is 10.0 Å². The first kappa shape index (κ1) is 15.8. The SMILES string of the molecule is Cc1cc(S(=O)(=O)N(CC(=O)O)C2CCCC2)sc1Cl. The number of thiophene rings is 1. The third-order valence-corrected chi connectivity index (χ3v) is 7.32. The number of carbonyl (C=O) groups is 1. The maximum absolute atomic E-state index is 12.6. The van der Waals surface area contributed by atoms with Crippen LogP contribution in [0.3, 0.4) is 0 Å². The second-order valence-electron chi connectivity index (χ2n) is 4.90. The van der Waals surface area contributed by atoms with E-state index in [0.717, 1.165) is 28.5 Å². The predicted molar refractivity (Wildman–Crippen MR) is 77.8 cm³/mol. The van der Waals surface area contributed by atoms with E-state index in [-0.39, 0.29) is 10.3 Å². The zero-order chi connectivity index (χ0) is 14.9. The van der Waals surface area contributed by atoms with E-state index in [1.807, 2.05) is 0 Å². The summed E-state index contributed by atoms with van der Waals surface area (Å²) in [5.41, 5.74) is 0.692. The molecule has 0 amide bonds. The Labute approximate surface area is 127 Å². The van der Waals surface area contributed by atoms with Gasteiger partial charge in [-0.25, -0.2) is 8.42 Å². The summed E-state index contributed by atoms with van der Waals surface area (Å²) in [6.07, 6.45) is 3.29. The van der Waals surface area contributed by atoms with Gasteiger partial charge in [-0.3, -0.25) is 4.79 Å². The number of aryl methyl sites for hydroxylation is 1. The standard InChI is InChI=1S/C12H16ClNO4S2/c1-8-6-11(19-12(8)13)20(17,18)14(7-10(15)16)9-4-2-3-5-9/h6,9H,2-5,7H2,1H3,(H,15,16). The van der Waals surface area contributed by atoms with E-state index < -0.39 is 22.5 Å². The molecule has 5 nitrogen and oxygen atoms in total. The molecule has 2 rings (SSSR count). The van der Waals surface area contributed by atoms with Gasteiger partial charge in [0.15, 0.2) is 0 Å². The maximum atomic E-state index is 12.6. The van der Waals surface area contributed by atoms with Crippen LogP contribution in [-0.2, 0) is 14.8 Å². The Morgan fingerprint density at radius 1 is 1.50 bits per heavy atom. The second-order valence-corrected chi connectivity index (χ2v) is 8.68. The second kappa shape index (κ2) is 6.01. The van der Waals surface area contributed by atoms with Crippen LogP contribution in [0.5, 0.6) is 0 Å². The van der Waals surface area contributed by atoms with Crippen LogP contribution in [0.1, 0.15) is 31.2 Å². The van der Waals surface area contributed by atoms with Crippen molar-refractivity contribution in [2.75, 3.05) is 6.54 Å². The van der Waals surface area contributed by atoms with E-state index in [9.17, 15) is 13.2 Å². The van der Waals surface area contributed by atoms with Crippen molar-refractivity contribution in [2.45, 2.75) is 42.9 Å². The van der Waals surface area contributed by atoms with Crippen molar-refractivity contribution < 1.29 is 18.3 Å². The Kier molecular flexibility index (Phi) is 4.73. The van der Waals surface area contributed by atoms with Crippen LogP contribution in [-0.4, -0.2) is 36.4 Å². The highest BCUT2D eigenvalue weighted by Gasteiger charge is 2.35. The molecule has 1 heterocycles. The maximum Gasteiger partial charge on any atom is 0.318 e. The van der Waals surface area contributed by atoms with Gasteiger partial charge < -0.3 is 5.11 Å². The fourth-order valence-corrected chi connectivity index (χ4v) is 5.88. The van der Waals surface area contributed by atoms with E-state index in [0.29, 0.717) is 22.7 Å². The Morgan fingerprint density at radius 3 is 2.55 bits per heavy atom. The van der Waals surface area contributed by atoms with E-state index in [1.54, 1.807) is 6.92 Å². The Morgan fingerprint density at radius 2 is 2.10 bits per heavy atom. The molecular weight excluding hydrogens is 322 g/mol. The number of aliphatic carboxylic acids is 1. The Balaban J connectivity index is 2.37. The third kappa shape index (κ3) is 3.16. The van der Waals surface area contributed by atoms with Gasteiger partial charge in [-0.2, -0.15) is 4.31 Å². The van der Waals surface area contributed by atoms with Crippen LogP contribution < -0.4 is 0 Å². The molecule has 0 unspecified atom stereocenters. The largest absolute Gasteiger partial charge is 0.480 e. The number of hydrogen-bond acceptors (Lipinski definition) is 4. The lowest BCUT2D eigenvalue weighted by Crippen LogP contribution is -2.41. The molecule has 1 aliphatic rings. The molecule has 1 aliphatic carbocycles. The van der Waals surface area contributed by atoms with Crippen molar-refractivity contribution in [3.05, 3.63) is 16.0 Å². The minimum absolute atomic E-state index is 0.119. The zero-order valence-electron chi connectivity index (χ0n) is 11.0. The summed E-state index contributed by atoms with van der Waals surface area (Å²) in [6, 6.07) is 1.28. The van der Waals surface area contributed by atoms with Crippen LogP contribution in [0.2, 0.25) is 4.34 Å². The number of carboxylic acids is 1. The minimum atomic E-state index is -3.79. The van der Waals surface area contributed by atoms with Gasteiger partial charge in [0.1, 0.15) is 10.8 Å². The lowest BCUT2D eigenvalue weighted by Gasteiger charge is -2.25. The molecule has 0 radical (unpaired) electrons. The summed E-state index contributed by atoms with van der Waals surface area (Å²) in [5, 5.41) is 8.99. The van der Waals surface area contributed by atoms with Crippen molar-refractivity contribution >= 4 is 38.9 Å². The molecule has 0 aromatic carbocycles. The molecule has 0 spiro atoms. The van der Waals surface area contributed by atoms with E-state index >= 15 is 0 Å². The first-order chi connectivity index (χ1) is 9.32. The molecule has 20 heavy (non-hydrogen) atoms. The van der Waals surface area contributed by atoms with Crippen molar-refractivity contribution in [3.8, 4) is 0 Å². The molecule has 0 atom stereocenters. The predicted octanol–water partition coefficient (Wildman–Crippen LogP) is 2.73. The number of carboxylic acid groups (broad SMARTS) is 1. The summed E-state index contributed by atoms with van der Waals surface area (Å²) in [6.45, 7) is 1.23. The number of nitrogens with zero attached hydrogens (tertiary/aromatic N) is 1. The van der Waals surface area contributed by atoms with E-state index in [4.69, 9.17) is 16.7 Å². The van der Waals surface area contributed by atoms with Crippen LogP contribution in [0.25, 0.3) is 0 Å². The molecule has 112 valence electrons. The van der Waals surface area contributed by atoms with Crippen molar-refractivity contribution in [1.29, 1.82) is 0 Å². The summed E-state index contributed by atoms with van der Waals surface area (Å²) in [5.74, 6) is -1.14. The van der Waals surface area contributed by atoms with Gasteiger partial charge in [0.2, 0.25) is 0 Å². The van der Waals surface area contributed by atoms with Gasteiger partial charge in [0, 0.05) is 6.04 Å². The third-order valence-electron chi connectivity index (χ3n) is 3.42. The molecule has 1 saturated carbocycles. The molecular formula is C12H16ClNO4S2. The molecule has 1 N–H and O–H groups in total. The summed E-state index contributed by atoms with van der Waals surface area (Å²) in [7, 11) is -3.79. The van der Waals surface area contributed by atoms with Crippen LogP contribution in [0.4, 0.5) is 0 Å². The van der Waals surface area contributed by atoms with Crippen LogP contribution in [0.15, 0.2) is 10.3 Å². The lowest BCUT2D eigenvalue weighted by molar-refractivity contribution is -0.137. The lowest BCUT2D eigenvalue weighted by atomic mass is 10.2. The fourth-order valence-electron chi connectivity index (χ4n) is 2.41. The van der Waals surface area contributed by atoms with Gasteiger partial charge >= 0.3 is 5.97 Å². The van der Waals surface area contributed by atoms with Crippen LogP contribution in [0, 0.1) is 6.92 Å². The molecule has 1 fully saturated rings. The first-order valence-corrected chi connectivity index (χ1v) is 8.95. The Bertz CT molecular complexity index is 585. The molecule has 0 bridgehead atoms. The molecule has 0 saturated heterocycles. The summed E-state index contributed by atoms with van der Waals surface area (Å²) in [4.78, 5) is 11.0. The summed E-state index contributed by atoms with van der Waals surface area (Å²) < 4.78 is 26.9. The van der Waals surface area contributed by atoms with Gasteiger partial charge in [0.05, 0.1) is 4.34 Å². The molecule has 0 aliphatic heterocycles. The number of rotatable bonds is 5. The van der Waals surface area contributed by atoms with Gasteiger partial charge in [-0.15, -0.1) is 11.3 Å². The smallest absolute Gasteiger partial charge is 0.318 e. The first-order valence-electron chi connectivity index (χ1n) is 6.32. The average Bonchev–Trinajstić information content (AvgIpc) is 2.97. The quantitative estimate of drug-likeness (QED) is 0.896. The topological polar surface area (TPSA) is 74.7 Å². The van der Waals surface area contributed by atoms with Crippen molar-refractivity contribution in [2.24, 2.45) is 0 Å². The Hall–Kier alpha value is -0.630. The highest BCUT2D eigenvalue weighted by atomic mass is 35.5. The number of halogens is 1. The monoisotopic (exact) mass is 337 g/mol. The van der Waals surface area contributed by atoms with E-state index in [2.05, 4.69) is 0 Å². The number of hydrogen-bond donors (Lipinski definition) is 1. The molecule has 1 aromatic rings. The average molecular weight is 338 g/mol. The highest BCUT2D eigenvalue weighted by Crippen LogP contribution is 2.35. The van der Waals surface area contributed by atoms with Crippen molar-refractivity contribution in [3.63, 3.8) is 0 Å². The number of sulfonamides is 1. The van der Waals surface area contributed by atoms with Crippen LogP contribution >= 0.6 is 22.9 Å². The van der Waals surface area contributed by atoms with Gasteiger partial charge in [-0.05, 0) is 31.4 Å². The van der Waals surface area contributed by atoms with Gasteiger partial charge in [-0.1, -0.05) is 24.4 Å². The fraction of sp³-hybridized carbons (Fsp3) is 0.583.